The van der Waals surface area contributed by atoms with Gasteiger partial charge in [0.1, 0.15) is 36.5 Å². The highest BCUT2D eigenvalue weighted by Gasteiger charge is 2.31. The second kappa shape index (κ2) is 19.0. The fourth-order valence-corrected chi connectivity index (χ4v) is 6.74. The predicted molar refractivity (Wildman–Crippen MR) is 219 cm³/mol. The van der Waals surface area contributed by atoms with Crippen LogP contribution in [0.3, 0.4) is 0 Å². The minimum Gasteiger partial charge on any atom is -0.489 e. The number of nitrogens with one attached hydrogen (secondary N) is 2. The van der Waals surface area contributed by atoms with Crippen LogP contribution in [0.1, 0.15) is 45.2 Å². The SMILES string of the molecule is COC(=O)[C@H](Cc1ccc(Oc2ccnc(C)c2C)cc1)NC(=O)[C@@H]1Cc2cc3c(cc2CN1)O[C@@H](c1cccc(OCc2ccc(Cl)c(Cl)c2)c1)CO3.Cl.Cl. The summed E-state index contributed by atoms with van der Waals surface area (Å²) < 4.78 is 29.7. The molecule has 0 aliphatic carbocycles. The number of rotatable bonds is 11. The maximum Gasteiger partial charge on any atom is 0.328 e. The van der Waals surface area contributed by atoms with Gasteiger partial charge < -0.3 is 34.3 Å². The largest absolute Gasteiger partial charge is 0.489 e. The maximum absolute atomic E-state index is 13.5. The summed E-state index contributed by atoms with van der Waals surface area (Å²) in [6.07, 6.45) is 2.03. The predicted octanol–water partition coefficient (Wildman–Crippen LogP) is 8.65. The van der Waals surface area contributed by atoms with E-state index in [-0.39, 0.29) is 43.2 Å². The molecule has 10 nitrogen and oxygen atoms in total. The minimum atomic E-state index is -0.875. The summed E-state index contributed by atoms with van der Waals surface area (Å²) in [5, 5.41) is 7.20. The topological polar surface area (TPSA) is 117 Å². The Morgan fingerprint density at radius 3 is 2.45 bits per heavy atom. The third kappa shape index (κ3) is 9.99. The third-order valence-electron chi connectivity index (χ3n) is 9.62. The van der Waals surface area contributed by atoms with Gasteiger partial charge in [0.15, 0.2) is 17.6 Å². The molecule has 0 bridgehead atoms. The number of methoxy groups -OCH3 is 1. The second-order valence-corrected chi connectivity index (χ2v) is 14.1. The summed E-state index contributed by atoms with van der Waals surface area (Å²) in [6, 6.07) is 24.8. The summed E-state index contributed by atoms with van der Waals surface area (Å²) >= 11 is 12.2. The van der Waals surface area contributed by atoms with Gasteiger partial charge in [-0.2, -0.15) is 0 Å². The van der Waals surface area contributed by atoms with Gasteiger partial charge in [-0.05, 0) is 103 Å². The van der Waals surface area contributed by atoms with Crippen LogP contribution >= 0.6 is 48.0 Å². The van der Waals surface area contributed by atoms with Crippen molar-refractivity contribution in [1.82, 2.24) is 15.6 Å². The normalized spacial score (nSPS) is 15.9. The Balaban J connectivity index is 0.00000300. The first-order chi connectivity index (χ1) is 26.1. The molecule has 1 amide bonds. The van der Waals surface area contributed by atoms with Crippen LogP contribution in [-0.2, 0) is 40.3 Å². The average Bonchev–Trinajstić information content (AvgIpc) is 3.19. The highest BCUT2D eigenvalue weighted by molar-refractivity contribution is 6.42. The molecular formula is C42H41Cl4N3O7. The standard InChI is InChI=1S/C42H39Cl2N3O7.2ClH/c1-24-25(2)45-14-13-37(24)53-31-10-7-26(8-11-31)16-36(42(49)50-3)47-41(48)35-18-29-19-38-39(20-30(29)21-46-35)54-40(23-52-38)28-5-4-6-32(17-28)51-22-27-9-12-33(43)34(44)15-27;;/h4-15,17,19-20,35-36,40,46H,16,18,21-23H2,1-3H3,(H,47,48);2*1H/t35-,36-,40+;;/m0../s1. The van der Waals surface area contributed by atoms with Crippen LogP contribution in [0.4, 0.5) is 0 Å². The van der Waals surface area contributed by atoms with Crippen LogP contribution in [0.15, 0.2) is 91.1 Å². The number of fused-ring (bicyclic) bond motifs is 2. The first kappa shape index (κ1) is 42.4. The van der Waals surface area contributed by atoms with E-state index in [2.05, 4.69) is 15.6 Å². The Hall–Kier alpha value is -4.71. The lowest BCUT2D eigenvalue weighted by Gasteiger charge is -2.31. The molecule has 0 radical (unpaired) electrons. The molecule has 0 fully saturated rings. The molecule has 2 N–H and O–H groups in total. The molecule has 14 heteroatoms. The van der Waals surface area contributed by atoms with Crippen LogP contribution in [0.25, 0.3) is 0 Å². The van der Waals surface area contributed by atoms with Gasteiger partial charge in [-0.3, -0.25) is 9.78 Å². The molecule has 1 aromatic heterocycles. The Bertz CT molecular complexity index is 2190. The van der Waals surface area contributed by atoms with Gasteiger partial charge in [-0.25, -0.2) is 4.79 Å². The van der Waals surface area contributed by atoms with Crippen molar-refractivity contribution in [3.05, 3.63) is 140 Å². The van der Waals surface area contributed by atoms with Crippen molar-refractivity contribution >= 4 is 59.9 Å². The van der Waals surface area contributed by atoms with Crippen LogP contribution in [0.5, 0.6) is 28.7 Å². The second-order valence-electron chi connectivity index (χ2n) is 13.3. The van der Waals surface area contributed by atoms with E-state index in [1.807, 2.05) is 86.6 Å². The lowest BCUT2D eigenvalue weighted by molar-refractivity contribution is -0.145. The van der Waals surface area contributed by atoms with Crippen molar-refractivity contribution < 1.29 is 33.3 Å². The van der Waals surface area contributed by atoms with E-state index in [1.165, 1.54) is 7.11 Å². The Morgan fingerprint density at radius 1 is 0.911 bits per heavy atom. The molecule has 294 valence electrons. The zero-order valence-electron chi connectivity index (χ0n) is 30.8. The van der Waals surface area contributed by atoms with Gasteiger partial charge >= 0.3 is 5.97 Å². The molecule has 5 aromatic rings. The molecule has 3 atom stereocenters. The molecular weight excluding hydrogens is 800 g/mol. The van der Waals surface area contributed by atoms with E-state index in [0.717, 1.165) is 44.8 Å². The monoisotopic (exact) mass is 839 g/mol. The molecule has 3 heterocycles. The summed E-state index contributed by atoms with van der Waals surface area (Å²) in [5.74, 6) is 2.50. The quantitative estimate of drug-likeness (QED) is 0.126. The highest BCUT2D eigenvalue weighted by Crippen LogP contribution is 2.40. The van der Waals surface area contributed by atoms with Crippen molar-refractivity contribution in [2.24, 2.45) is 0 Å². The third-order valence-corrected chi connectivity index (χ3v) is 10.4. The molecule has 2 aliphatic heterocycles. The van der Waals surface area contributed by atoms with Crippen molar-refractivity contribution in [2.75, 3.05) is 13.7 Å². The van der Waals surface area contributed by atoms with E-state index in [9.17, 15) is 9.59 Å². The number of ether oxygens (including phenoxy) is 5. The van der Waals surface area contributed by atoms with Gasteiger partial charge in [-0.15, -0.1) is 24.8 Å². The van der Waals surface area contributed by atoms with Crippen molar-refractivity contribution in [3.63, 3.8) is 0 Å². The molecule has 0 saturated heterocycles. The van der Waals surface area contributed by atoms with Gasteiger partial charge in [-0.1, -0.05) is 53.5 Å². The number of amides is 1. The number of benzene rings is 4. The zero-order chi connectivity index (χ0) is 37.8. The van der Waals surface area contributed by atoms with Crippen LogP contribution in [0.2, 0.25) is 10.0 Å². The summed E-state index contributed by atoms with van der Waals surface area (Å²) in [6.45, 7) is 4.97. The molecule has 4 aromatic carbocycles. The number of hydrogen-bond donors (Lipinski definition) is 2. The highest BCUT2D eigenvalue weighted by atomic mass is 35.5. The molecule has 56 heavy (non-hydrogen) atoms. The lowest BCUT2D eigenvalue weighted by Crippen LogP contribution is -2.53. The smallest absolute Gasteiger partial charge is 0.328 e. The molecule has 7 rings (SSSR count). The van der Waals surface area contributed by atoms with Gasteiger partial charge in [0.05, 0.1) is 23.2 Å². The average molecular weight is 842 g/mol. The van der Waals surface area contributed by atoms with Crippen molar-refractivity contribution in [2.45, 2.75) is 58.0 Å². The number of halogens is 4. The summed E-state index contributed by atoms with van der Waals surface area (Å²) in [4.78, 5) is 30.6. The summed E-state index contributed by atoms with van der Waals surface area (Å²) in [7, 11) is 1.31. The van der Waals surface area contributed by atoms with E-state index in [1.54, 1.807) is 18.3 Å². The minimum absolute atomic E-state index is 0. The molecule has 0 saturated carbocycles. The van der Waals surface area contributed by atoms with Gasteiger partial charge in [0, 0.05) is 30.4 Å². The number of aromatic nitrogens is 1. The maximum atomic E-state index is 13.5. The number of nitrogens with zero attached hydrogens (tertiary/aromatic N) is 1. The van der Waals surface area contributed by atoms with E-state index >= 15 is 0 Å². The number of esters is 1. The van der Waals surface area contributed by atoms with Gasteiger partial charge in [0.2, 0.25) is 5.91 Å². The van der Waals surface area contributed by atoms with Crippen LogP contribution in [-0.4, -0.2) is 42.7 Å². The fraction of sp³-hybridized carbons (Fsp3) is 0.262. The Kier molecular flexibility index (Phi) is 14.4. The fourth-order valence-electron chi connectivity index (χ4n) is 6.42. The van der Waals surface area contributed by atoms with Gasteiger partial charge in [0.25, 0.3) is 0 Å². The number of carbonyl (C=O) groups excluding carboxylic acids is 2. The number of carbonyl (C=O) groups is 2. The summed E-state index contributed by atoms with van der Waals surface area (Å²) in [5.41, 5.74) is 6.50. The Morgan fingerprint density at radius 2 is 1.68 bits per heavy atom. The first-order valence-corrected chi connectivity index (χ1v) is 18.3. The van der Waals surface area contributed by atoms with Crippen LogP contribution < -0.4 is 29.6 Å². The zero-order valence-corrected chi connectivity index (χ0v) is 34.0. The van der Waals surface area contributed by atoms with Crippen LogP contribution in [0, 0.1) is 13.8 Å². The lowest BCUT2D eigenvalue weighted by atomic mass is 9.94. The number of pyridine rings is 1. The van der Waals surface area contributed by atoms with Crippen molar-refractivity contribution in [1.29, 1.82) is 0 Å². The first-order valence-electron chi connectivity index (χ1n) is 17.6. The number of hydrogen-bond acceptors (Lipinski definition) is 9. The Labute approximate surface area is 348 Å². The van der Waals surface area contributed by atoms with E-state index in [0.29, 0.717) is 59.2 Å². The van der Waals surface area contributed by atoms with Crippen molar-refractivity contribution in [3.8, 4) is 28.7 Å². The van der Waals surface area contributed by atoms with E-state index in [4.69, 9.17) is 46.9 Å². The molecule has 0 unspecified atom stereocenters. The molecule has 2 aliphatic rings. The number of aryl methyl sites for hydroxylation is 1. The molecule has 0 spiro atoms. The van der Waals surface area contributed by atoms with E-state index < -0.39 is 18.1 Å².